The second-order valence-electron chi connectivity index (χ2n) is 5.43. The van der Waals surface area contributed by atoms with E-state index in [0.717, 1.165) is 11.3 Å². The topological polar surface area (TPSA) is 140 Å². The second kappa shape index (κ2) is 7.40. The summed E-state index contributed by atoms with van der Waals surface area (Å²) in [5.41, 5.74) is 4.39. The van der Waals surface area contributed by atoms with Gasteiger partial charge in [-0.05, 0) is 13.0 Å². The van der Waals surface area contributed by atoms with E-state index in [1.807, 2.05) is 0 Å². The van der Waals surface area contributed by atoms with Gasteiger partial charge in [0.15, 0.2) is 5.44 Å². The molecule has 1 atom stereocenters. The number of ether oxygens (including phenoxy) is 1. The van der Waals surface area contributed by atoms with Crippen molar-refractivity contribution in [3.8, 4) is 0 Å². The summed E-state index contributed by atoms with van der Waals surface area (Å²) in [6, 6.07) is 1.17. The van der Waals surface area contributed by atoms with E-state index in [0.29, 0.717) is 11.6 Å². The highest BCUT2D eigenvalue weighted by atomic mass is 32.2. The number of aryl methyl sites for hydroxylation is 1. The van der Waals surface area contributed by atoms with Gasteiger partial charge in [-0.15, -0.1) is 22.7 Å². The Morgan fingerprint density at radius 2 is 2.23 bits per heavy atom. The zero-order valence-corrected chi connectivity index (χ0v) is 16.1. The number of hydrogen-bond acceptors (Lipinski definition) is 9. The summed E-state index contributed by atoms with van der Waals surface area (Å²) in [6.07, 6.45) is 0. The molecule has 1 aliphatic heterocycles. The molecule has 3 heterocycles. The van der Waals surface area contributed by atoms with Gasteiger partial charge in [-0.1, -0.05) is 0 Å². The van der Waals surface area contributed by atoms with Crippen LogP contribution in [0.4, 0.5) is 5.00 Å². The maximum absolute atomic E-state index is 12.7. The molecule has 9 nitrogen and oxygen atoms in total. The number of hydrogen-bond donors (Lipinski definition) is 3. The second-order valence-corrected chi connectivity index (χ2v) is 9.86. The highest BCUT2D eigenvalue weighted by Crippen LogP contribution is 2.34. The first kappa shape index (κ1) is 18.9. The first-order valence-electron chi connectivity index (χ1n) is 7.52. The first-order chi connectivity index (χ1) is 12.3. The zero-order valence-electron chi connectivity index (χ0n) is 13.6. The van der Waals surface area contributed by atoms with E-state index < -0.39 is 27.1 Å². The molecule has 0 bridgehead atoms. The summed E-state index contributed by atoms with van der Waals surface area (Å²) >= 11 is 2.07. The van der Waals surface area contributed by atoms with Gasteiger partial charge in [-0.3, -0.25) is 9.59 Å². The minimum absolute atomic E-state index is 0.0653. The van der Waals surface area contributed by atoms with Crippen molar-refractivity contribution < 1.29 is 22.7 Å². The predicted octanol–water partition coefficient (Wildman–Crippen LogP) is 0.584. The lowest BCUT2D eigenvalue weighted by atomic mass is 10.3. The molecule has 2 aromatic rings. The van der Waals surface area contributed by atoms with Crippen LogP contribution in [0.5, 0.6) is 0 Å². The van der Waals surface area contributed by atoms with E-state index in [9.17, 15) is 18.0 Å². The van der Waals surface area contributed by atoms with Crippen molar-refractivity contribution in [2.75, 3.05) is 25.0 Å². The van der Waals surface area contributed by atoms with Crippen LogP contribution in [-0.4, -0.2) is 50.3 Å². The lowest BCUT2D eigenvalue weighted by Gasteiger charge is -2.22. The number of nitrogens with one attached hydrogen (secondary N) is 2. The largest absolute Gasteiger partial charge is 0.366 e. The maximum atomic E-state index is 12.7. The average Bonchev–Trinajstić information content (AvgIpc) is 3.22. The Hall–Kier alpha value is -1.86. The van der Waals surface area contributed by atoms with Crippen LogP contribution in [0.15, 0.2) is 15.7 Å². The third-order valence-corrected chi connectivity index (χ3v) is 7.81. The summed E-state index contributed by atoms with van der Waals surface area (Å²) in [5, 5.41) is 7.81. The molecular formula is C14H16N4O5S3. The molecule has 1 unspecified atom stereocenters. The van der Waals surface area contributed by atoms with E-state index in [1.54, 1.807) is 12.3 Å². The summed E-state index contributed by atoms with van der Waals surface area (Å²) in [6.45, 7) is 2.73. The predicted molar refractivity (Wildman–Crippen MR) is 97.4 cm³/mol. The Kier molecular flexibility index (Phi) is 5.39. The van der Waals surface area contributed by atoms with Crippen LogP contribution in [0.3, 0.4) is 0 Å². The lowest BCUT2D eigenvalue weighted by molar-refractivity contribution is 0.0786. The molecule has 0 aromatic carbocycles. The van der Waals surface area contributed by atoms with Gasteiger partial charge in [-0.2, -0.15) is 0 Å². The summed E-state index contributed by atoms with van der Waals surface area (Å²) in [4.78, 5) is 28.0. The number of rotatable bonds is 5. The first-order valence-corrected chi connectivity index (χ1v) is 10.8. The molecule has 1 aliphatic rings. The number of thiophene rings is 1. The van der Waals surface area contributed by atoms with Crippen molar-refractivity contribution in [1.82, 2.24) is 10.3 Å². The number of primary amides is 1. The van der Waals surface area contributed by atoms with Crippen molar-refractivity contribution in [2.24, 2.45) is 5.73 Å². The number of sulfone groups is 1. The molecule has 0 radical (unpaired) electrons. The Morgan fingerprint density at radius 1 is 1.46 bits per heavy atom. The van der Waals surface area contributed by atoms with E-state index in [2.05, 4.69) is 15.6 Å². The normalized spacial score (nSPS) is 17.8. The smallest absolute Gasteiger partial charge is 0.275 e. The van der Waals surface area contributed by atoms with E-state index in [-0.39, 0.29) is 33.6 Å². The van der Waals surface area contributed by atoms with E-state index >= 15 is 0 Å². The fraction of sp³-hybridized carbons (Fsp3) is 0.357. The molecule has 0 saturated carbocycles. The average molecular weight is 417 g/mol. The summed E-state index contributed by atoms with van der Waals surface area (Å²) in [5.74, 6) is -1.38. The molecule has 4 N–H and O–H groups in total. The molecule has 0 aliphatic carbocycles. The van der Waals surface area contributed by atoms with Crippen molar-refractivity contribution in [3.63, 3.8) is 0 Å². The van der Waals surface area contributed by atoms with Crippen LogP contribution in [0.25, 0.3) is 0 Å². The van der Waals surface area contributed by atoms with Gasteiger partial charge < -0.3 is 21.1 Å². The Bertz CT molecular complexity index is 944. The minimum atomic E-state index is -3.83. The van der Waals surface area contributed by atoms with Crippen LogP contribution in [0.2, 0.25) is 0 Å². The third kappa shape index (κ3) is 3.78. The number of anilines is 1. The Labute approximate surface area is 157 Å². The van der Waals surface area contributed by atoms with Crippen LogP contribution >= 0.6 is 22.7 Å². The number of morpholine rings is 1. The number of nitrogens with two attached hydrogens (primary N) is 1. The van der Waals surface area contributed by atoms with Gasteiger partial charge in [0.05, 0.1) is 17.2 Å². The SMILES string of the molecule is Cc1nc(C(=O)Nc2sc(S(=O)(=O)C3CNCCO3)cc2C(N)=O)cs1. The summed E-state index contributed by atoms with van der Waals surface area (Å²) < 4.78 is 30.6. The van der Waals surface area contributed by atoms with Crippen molar-refractivity contribution in [2.45, 2.75) is 16.6 Å². The van der Waals surface area contributed by atoms with Crippen molar-refractivity contribution in [1.29, 1.82) is 0 Å². The monoisotopic (exact) mass is 416 g/mol. The van der Waals surface area contributed by atoms with E-state index in [1.165, 1.54) is 17.4 Å². The molecular weight excluding hydrogens is 400 g/mol. The quantitative estimate of drug-likeness (QED) is 0.647. The third-order valence-electron chi connectivity index (χ3n) is 3.57. The van der Waals surface area contributed by atoms with Crippen molar-refractivity contribution in [3.05, 3.63) is 27.7 Å². The fourth-order valence-electron chi connectivity index (χ4n) is 2.29. The molecule has 1 saturated heterocycles. The van der Waals surface area contributed by atoms with Crippen molar-refractivity contribution >= 4 is 49.3 Å². The Balaban J connectivity index is 1.91. The van der Waals surface area contributed by atoms with Gasteiger partial charge in [0.25, 0.3) is 11.8 Å². The highest BCUT2D eigenvalue weighted by Gasteiger charge is 2.33. The van der Waals surface area contributed by atoms with Crippen LogP contribution in [-0.2, 0) is 14.6 Å². The highest BCUT2D eigenvalue weighted by molar-refractivity contribution is 7.94. The molecule has 26 heavy (non-hydrogen) atoms. The standard InChI is InChI=1S/C14H16N4O5S3/c1-7-17-9(6-24-7)13(20)18-14-8(12(15)19)4-11(25-14)26(21,22)10-5-16-2-3-23-10/h4,6,10,16H,2-3,5H2,1H3,(H2,15,19)(H,18,20). The molecule has 2 aromatic heterocycles. The van der Waals surface area contributed by atoms with E-state index in [4.69, 9.17) is 10.5 Å². The minimum Gasteiger partial charge on any atom is -0.366 e. The molecule has 0 spiro atoms. The number of carbonyl (C=O) groups is 2. The maximum Gasteiger partial charge on any atom is 0.275 e. The Morgan fingerprint density at radius 3 is 2.81 bits per heavy atom. The van der Waals surface area contributed by atoms with Crippen LogP contribution in [0.1, 0.15) is 25.9 Å². The lowest BCUT2D eigenvalue weighted by Crippen LogP contribution is -2.42. The molecule has 2 amide bonds. The fourth-order valence-corrected chi connectivity index (χ4v) is 5.86. The summed E-state index contributed by atoms with van der Waals surface area (Å²) in [7, 11) is -3.83. The molecule has 12 heteroatoms. The number of nitrogens with zero attached hydrogens (tertiary/aromatic N) is 1. The van der Waals surface area contributed by atoms with Gasteiger partial charge in [0.2, 0.25) is 9.84 Å². The zero-order chi connectivity index (χ0) is 18.9. The van der Waals surface area contributed by atoms with Crippen LogP contribution < -0.4 is 16.4 Å². The van der Waals surface area contributed by atoms with Crippen LogP contribution in [0, 0.1) is 6.92 Å². The molecule has 1 fully saturated rings. The van der Waals surface area contributed by atoms with Gasteiger partial charge in [0.1, 0.15) is 14.9 Å². The van der Waals surface area contributed by atoms with Gasteiger partial charge >= 0.3 is 0 Å². The number of carbonyl (C=O) groups excluding carboxylic acids is 2. The molecule has 3 rings (SSSR count). The van der Waals surface area contributed by atoms with Gasteiger partial charge in [-0.25, -0.2) is 13.4 Å². The number of aromatic nitrogens is 1. The number of amides is 2. The molecule has 140 valence electrons. The number of thiazole rings is 1. The van der Waals surface area contributed by atoms with Gasteiger partial charge in [0, 0.05) is 18.5 Å².